The van der Waals surface area contributed by atoms with E-state index >= 15 is 0 Å². The number of Topliss-reactive ketones (excluding diaryl/α,β-unsaturated/α-hetero) is 1. The van der Waals surface area contributed by atoms with E-state index in [1.807, 2.05) is 29.2 Å². The number of anilines is 2. The van der Waals surface area contributed by atoms with Crippen molar-refractivity contribution < 1.29 is 9.59 Å². The molecule has 0 aliphatic carbocycles. The number of rotatable bonds is 5. The Morgan fingerprint density at radius 3 is 2.35 bits per heavy atom. The fourth-order valence-electron chi connectivity index (χ4n) is 3.49. The molecule has 1 aliphatic rings. The number of para-hydroxylation sites is 2. The number of benzene rings is 2. The first-order valence-electron chi connectivity index (χ1n) is 8.96. The SMILES string of the molecule is CCN1c2ccccc2N(C(=O)CCC(=O)c2ccc(Cl)cc2)CC1C. The van der Waals surface area contributed by atoms with E-state index in [4.69, 9.17) is 11.6 Å². The van der Waals surface area contributed by atoms with Gasteiger partial charge in [-0.15, -0.1) is 0 Å². The number of hydrogen-bond donors (Lipinski definition) is 0. The molecule has 1 aliphatic heterocycles. The molecule has 5 heteroatoms. The lowest BCUT2D eigenvalue weighted by Gasteiger charge is -2.42. The number of likely N-dealkylation sites (N-methyl/N-ethyl adjacent to an activating group) is 1. The largest absolute Gasteiger partial charge is 0.366 e. The van der Waals surface area contributed by atoms with Crippen LogP contribution in [0.25, 0.3) is 0 Å². The third-order valence-corrected chi connectivity index (χ3v) is 5.09. The highest BCUT2D eigenvalue weighted by Crippen LogP contribution is 2.35. The lowest BCUT2D eigenvalue weighted by Crippen LogP contribution is -2.49. The average Bonchev–Trinajstić information content (AvgIpc) is 2.65. The van der Waals surface area contributed by atoms with Gasteiger partial charge in [0.25, 0.3) is 0 Å². The van der Waals surface area contributed by atoms with E-state index in [1.54, 1.807) is 24.3 Å². The summed E-state index contributed by atoms with van der Waals surface area (Å²) in [6, 6.07) is 15.0. The van der Waals surface area contributed by atoms with Crippen LogP contribution in [0.5, 0.6) is 0 Å². The van der Waals surface area contributed by atoms with Crippen LogP contribution in [0, 0.1) is 0 Å². The molecule has 3 rings (SSSR count). The van der Waals surface area contributed by atoms with Crippen molar-refractivity contribution >= 4 is 34.7 Å². The number of hydrogen-bond acceptors (Lipinski definition) is 3. The fraction of sp³-hybridized carbons (Fsp3) is 0.333. The highest BCUT2D eigenvalue weighted by molar-refractivity contribution is 6.30. The third-order valence-electron chi connectivity index (χ3n) is 4.83. The van der Waals surface area contributed by atoms with Crippen molar-refractivity contribution in [3.05, 3.63) is 59.1 Å². The molecule has 0 N–H and O–H groups in total. The molecule has 2 aromatic carbocycles. The molecule has 4 nitrogen and oxygen atoms in total. The molecule has 136 valence electrons. The lowest BCUT2D eigenvalue weighted by atomic mass is 10.0. The maximum absolute atomic E-state index is 12.8. The van der Waals surface area contributed by atoms with Gasteiger partial charge in [-0.2, -0.15) is 0 Å². The predicted molar refractivity (Wildman–Crippen MR) is 106 cm³/mol. The first kappa shape index (κ1) is 18.5. The minimum atomic E-state index is -0.0384. The molecule has 0 spiro atoms. The van der Waals surface area contributed by atoms with E-state index < -0.39 is 0 Å². The van der Waals surface area contributed by atoms with Crippen LogP contribution in [0.4, 0.5) is 11.4 Å². The van der Waals surface area contributed by atoms with Crippen molar-refractivity contribution in [1.29, 1.82) is 0 Å². The normalized spacial score (nSPS) is 16.3. The molecular formula is C21H23ClN2O2. The number of ketones is 1. The van der Waals surface area contributed by atoms with E-state index in [2.05, 4.69) is 18.7 Å². The summed E-state index contributed by atoms with van der Waals surface area (Å²) in [5.41, 5.74) is 2.59. The first-order chi connectivity index (χ1) is 12.5. The Balaban J connectivity index is 1.71. The van der Waals surface area contributed by atoms with E-state index in [1.165, 1.54) is 0 Å². The van der Waals surface area contributed by atoms with E-state index in [0.29, 0.717) is 17.1 Å². The predicted octanol–water partition coefficient (Wildman–Crippen LogP) is 4.56. The number of carbonyl (C=O) groups is 2. The fourth-order valence-corrected chi connectivity index (χ4v) is 3.61. The number of fused-ring (bicyclic) bond motifs is 1. The zero-order valence-corrected chi connectivity index (χ0v) is 15.9. The summed E-state index contributed by atoms with van der Waals surface area (Å²) in [7, 11) is 0. The number of amides is 1. The maximum atomic E-state index is 12.8. The monoisotopic (exact) mass is 370 g/mol. The molecule has 1 heterocycles. The Morgan fingerprint density at radius 2 is 1.69 bits per heavy atom. The average molecular weight is 371 g/mol. The summed E-state index contributed by atoms with van der Waals surface area (Å²) in [5, 5.41) is 0.594. The van der Waals surface area contributed by atoms with Crippen molar-refractivity contribution in [2.75, 3.05) is 22.9 Å². The number of nitrogens with zero attached hydrogens (tertiary/aromatic N) is 2. The highest BCUT2D eigenvalue weighted by atomic mass is 35.5. The quantitative estimate of drug-likeness (QED) is 0.724. The zero-order valence-electron chi connectivity index (χ0n) is 15.1. The van der Waals surface area contributed by atoms with Crippen molar-refractivity contribution in [3.63, 3.8) is 0 Å². The molecule has 1 unspecified atom stereocenters. The second kappa shape index (κ2) is 7.92. The van der Waals surface area contributed by atoms with Gasteiger partial charge in [-0.25, -0.2) is 0 Å². The third kappa shape index (κ3) is 3.75. The molecule has 0 radical (unpaired) electrons. The van der Waals surface area contributed by atoms with Gasteiger partial charge in [0.1, 0.15) is 0 Å². The van der Waals surface area contributed by atoms with Crippen LogP contribution < -0.4 is 9.80 Å². The second-order valence-corrected chi connectivity index (χ2v) is 6.99. The Kier molecular flexibility index (Phi) is 5.62. The molecule has 1 amide bonds. The summed E-state index contributed by atoms with van der Waals surface area (Å²) < 4.78 is 0. The van der Waals surface area contributed by atoms with Gasteiger partial charge in [0, 0.05) is 42.6 Å². The van der Waals surface area contributed by atoms with Gasteiger partial charge in [0.05, 0.1) is 11.4 Å². The van der Waals surface area contributed by atoms with E-state index in [0.717, 1.165) is 17.9 Å². The Hall–Kier alpha value is -2.33. The van der Waals surface area contributed by atoms with Gasteiger partial charge >= 0.3 is 0 Å². The van der Waals surface area contributed by atoms with Crippen molar-refractivity contribution in [2.45, 2.75) is 32.7 Å². The number of carbonyl (C=O) groups excluding carboxylic acids is 2. The van der Waals surface area contributed by atoms with Crippen LogP contribution >= 0.6 is 11.6 Å². The van der Waals surface area contributed by atoms with Gasteiger partial charge in [-0.3, -0.25) is 9.59 Å². The van der Waals surface area contributed by atoms with Crippen molar-refractivity contribution in [2.24, 2.45) is 0 Å². The van der Waals surface area contributed by atoms with Crippen LogP contribution in [-0.2, 0) is 4.79 Å². The van der Waals surface area contributed by atoms with E-state index in [9.17, 15) is 9.59 Å². The van der Waals surface area contributed by atoms with Crippen LogP contribution in [0.3, 0.4) is 0 Å². The van der Waals surface area contributed by atoms with Crippen LogP contribution in [-0.4, -0.2) is 30.8 Å². The molecular weight excluding hydrogens is 348 g/mol. The molecule has 0 fully saturated rings. The Labute approximate surface area is 159 Å². The van der Waals surface area contributed by atoms with Crippen molar-refractivity contribution in [3.8, 4) is 0 Å². The topological polar surface area (TPSA) is 40.6 Å². The first-order valence-corrected chi connectivity index (χ1v) is 9.34. The molecule has 26 heavy (non-hydrogen) atoms. The number of halogens is 1. The van der Waals surface area contributed by atoms with Gasteiger partial charge in [0.15, 0.2) is 5.78 Å². The smallest absolute Gasteiger partial charge is 0.227 e. The Morgan fingerprint density at radius 1 is 1.04 bits per heavy atom. The lowest BCUT2D eigenvalue weighted by molar-refractivity contribution is -0.118. The molecule has 1 atom stereocenters. The molecule has 0 saturated heterocycles. The van der Waals surface area contributed by atoms with Crippen LogP contribution in [0.15, 0.2) is 48.5 Å². The summed E-state index contributed by atoms with van der Waals surface area (Å²) in [5.74, 6) is -0.0501. The maximum Gasteiger partial charge on any atom is 0.227 e. The van der Waals surface area contributed by atoms with Crippen LogP contribution in [0.2, 0.25) is 5.02 Å². The second-order valence-electron chi connectivity index (χ2n) is 6.56. The summed E-state index contributed by atoms with van der Waals surface area (Å²) >= 11 is 5.85. The van der Waals surface area contributed by atoms with Gasteiger partial charge < -0.3 is 9.80 Å². The summed E-state index contributed by atoms with van der Waals surface area (Å²) in [6.45, 7) is 5.78. The summed E-state index contributed by atoms with van der Waals surface area (Å²) in [4.78, 5) is 29.3. The summed E-state index contributed by atoms with van der Waals surface area (Å²) in [6.07, 6.45) is 0.402. The molecule has 0 aromatic heterocycles. The van der Waals surface area contributed by atoms with E-state index in [-0.39, 0.29) is 30.6 Å². The van der Waals surface area contributed by atoms with Gasteiger partial charge in [0.2, 0.25) is 5.91 Å². The van der Waals surface area contributed by atoms with Gasteiger partial charge in [-0.05, 0) is 50.2 Å². The minimum absolute atomic E-state index is 0.0117. The highest BCUT2D eigenvalue weighted by Gasteiger charge is 2.30. The minimum Gasteiger partial charge on any atom is -0.366 e. The standard InChI is InChI=1S/C21H23ClN2O2/c1-3-23-15(2)14-24(19-7-5-4-6-18(19)23)21(26)13-12-20(25)16-8-10-17(22)11-9-16/h4-11,15H,3,12-14H2,1-2H3. The van der Waals surface area contributed by atoms with Gasteiger partial charge in [-0.1, -0.05) is 23.7 Å². The van der Waals surface area contributed by atoms with Crippen molar-refractivity contribution in [1.82, 2.24) is 0 Å². The Bertz CT molecular complexity index is 804. The van der Waals surface area contributed by atoms with Crippen LogP contribution in [0.1, 0.15) is 37.0 Å². The zero-order chi connectivity index (χ0) is 18.7. The molecule has 0 bridgehead atoms. The molecule has 2 aromatic rings. The molecule has 0 saturated carbocycles.